The normalized spacial score (nSPS) is 11.5. The number of halogens is 1. The minimum Gasteiger partial charge on any atom is -0.506 e. The van der Waals surface area contributed by atoms with E-state index in [4.69, 9.17) is 21.4 Å². The molecule has 0 bridgehead atoms. The van der Waals surface area contributed by atoms with E-state index in [1.807, 2.05) is 98.1 Å². The van der Waals surface area contributed by atoms with E-state index in [0.717, 1.165) is 26.6 Å². The predicted molar refractivity (Wildman–Crippen MR) is 186 cm³/mol. The minimum atomic E-state index is -0.410. The number of hydrogen-bond donors (Lipinski definition) is 4. The van der Waals surface area contributed by atoms with Crippen LogP contribution < -0.4 is 15.4 Å². The van der Waals surface area contributed by atoms with E-state index in [9.17, 15) is 15.0 Å². The lowest BCUT2D eigenvalue weighted by Gasteiger charge is -2.14. The summed E-state index contributed by atoms with van der Waals surface area (Å²) >= 11 is 7.58. The lowest BCUT2D eigenvalue weighted by Crippen LogP contribution is -2.29. The largest absolute Gasteiger partial charge is 0.506 e. The third kappa shape index (κ3) is 7.25. The van der Waals surface area contributed by atoms with Crippen molar-refractivity contribution in [2.75, 3.05) is 18.5 Å². The van der Waals surface area contributed by atoms with Crippen LogP contribution in [0.2, 0.25) is 5.02 Å². The molecule has 0 radical (unpaired) electrons. The number of phenols is 1. The van der Waals surface area contributed by atoms with Gasteiger partial charge in [0.25, 0.3) is 0 Å². The van der Waals surface area contributed by atoms with Gasteiger partial charge < -0.3 is 20.3 Å². The van der Waals surface area contributed by atoms with E-state index >= 15 is 0 Å². The molecule has 6 rings (SSSR count). The number of fused-ring (bicyclic) bond motifs is 1. The highest BCUT2D eigenvalue weighted by atomic mass is 35.5. The number of pyridine rings is 1. The first kappa shape index (κ1) is 32.9. The molecule has 3 heterocycles. The number of para-hydroxylation sites is 1. The number of rotatable bonds is 10. The highest BCUT2D eigenvalue weighted by Gasteiger charge is 2.22. The number of phenolic OH excluding ortho intramolecular Hbond substituents is 1. The van der Waals surface area contributed by atoms with E-state index < -0.39 is 6.03 Å². The number of amides is 2. The summed E-state index contributed by atoms with van der Waals surface area (Å²) in [5.74, 6) is 1.60. The van der Waals surface area contributed by atoms with Crippen LogP contribution in [0.15, 0.2) is 101 Å². The van der Waals surface area contributed by atoms with Crippen molar-refractivity contribution in [3.8, 4) is 28.6 Å². The summed E-state index contributed by atoms with van der Waals surface area (Å²) in [5, 5.41) is 39.0. The van der Waals surface area contributed by atoms with Gasteiger partial charge in [-0.2, -0.15) is 5.10 Å². The Labute approximate surface area is 286 Å². The van der Waals surface area contributed by atoms with Crippen molar-refractivity contribution < 1.29 is 19.7 Å². The molecule has 2 amide bonds. The molecule has 0 saturated heterocycles. The molecular formula is C35H34ClN7O4S. The SMILES string of the molecule is CC(C)(C)c1cc(NC(=O)NCc2ccccc2Sc2ccc3nnc(-c4ccccc4OCCO)n3c2)n(-c2ccc(Cl)c(O)c2)n1. The van der Waals surface area contributed by atoms with Gasteiger partial charge in [0.15, 0.2) is 11.5 Å². The summed E-state index contributed by atoms with van der Waals surface area (Å²) < 4.78 is 9.23. The maximum Gasteiger partial charge on any atom is 0.320 e. The molecule has 0 aliphatic heterocycles. The number of aromatic hydroxyl groups is 1. The fraction of sp³-hybridized carbons (Fsp3) is 0.200. The molecule has 13 heteroatoms. The van der Waals surface area contributed by atoms with Crippen molar-refractivity contribution in [1.82, 2.24) is 29.7 Å². The Balaban J connectivity index is 1.20. The van der Waals surface area contributed by atoms with E-state index in [1.54, 1.807) is 28.6 Å². The minimum absolute atomic E-state index is 0.0805. The number of carbonyl (C=O) groups is 1. The molecule has 4 N–H and O–H groups in total. The lowest BCUT2D eigenvalue weighted by molar-refractivity contribution is 0.202. The summed E-state index contributed by atoms with van der Waals surface area (Å²) in [4.78, 5) is 15.1. The molecule has 11 nitrogen and oxygen atoms in total. The smallest absolute Gasteiger partial charge is 0.320 e. The molecule has 3 aromatic carbocycles. The van der Waals surface area contributed by atoms with E-state index in [2.05, 4.69) is 20.8 Å². The van der Waals surface area contributed by atoms with Gasteiger partial charge in [-0.25, -0.2) is 9.48 Å². The third-order valence-corrected chi connectivity index (χ3v) is 8.80. The zero-order valence-corrected chi connectivity index (χ0v) is 28.1. The molecule has 0 atom stereocenters. The van der Waals surface area contributed by atoms with Crippen LogP contribution in [0.1, 0.15) is 32.0 Å². The quantitative estimate of drug-likeness (QED) is 0.120. The number of urea groups is 1. The summed E-state index contributed by atoms with van der Waals surface area (Å²) in [6.07, 6.45) is 1.97. The van der Waals surface area contributed by atoms with Crippen molar-refractivity contribution >= 4 is 40.9 Å². The van der Waals surface area contributed by atoms with Gasteiger partial charge in [0.1, 0.15) is 23.9 Å². The van der Waals surface area contributed by atoms with Crippen molar-refractivity contribution in [3.05, 3.63) is 107 Å². The second-order valence-electron chi connectivity index (χ2n) is 11.9. The number of nitrogens with zero attached hydrogens (tertiary/aromatic N) is 5. The van der Waals surface area contributed by atoms with Crippen molar-refractivity contribution in [2.45, 2.75) is 42.5 Å². The summed E-state index contributed by atoms with van der Waals surface area (Å²) in [5.41, 5.74) is 3.41. The van der Waals surface area contributed by atoms with Gasteiger partial charge in [-0.1, -0.05) is 74.5 Å². The van der Waals surface area contributed by atoms with Crippen LogP contribution in [0.4, 0.5) is 10.6 Å². The molecule has 48 heavy (non-hydrogen) atoms. The zero-order chi connectivity index (χ0) is 33.8. The number of aromatic nitrogens is 5. The number of nitrogens with one attached hydrogen (secondary N) is 2. The predicted octanol–water partition coefficient (Wildman–Crippen LogP) is 7.08. The van der Waals surface area contributed by atoms with Gasteiger partial charge in [-0.05, 0) is 48.0 Å². The molecule has 246 valence electrons. The van der Waals surface area contributed by atoms with Crippen LogP contribution >= 0.6 is 23.4 Å². The Morgan fingerprint density at radius 2 is 1.79 bits per heavy atom. The first-order chi connectivity index (χ1) is 23.1. The maximum atomic E-state index is 13.2. The molecule has 0 aliphatic carbocycles. The Morgan fingerprint density at radius 3 is 2.58 bits per heavy atom. The van der Waals surface area contributed by atoms with Gasteiger partial charge in [-0.15, -0.1) is 10.2 Å². The molecule has 3 aromatic heterocycles. The molecule has 0 unspecified atom stereocenters. The third-order valence-electron chi connectivity index (χ3n) is 7.39. The van der Waals surface area contributed by atoms with Gasteiger partial charge in [0, 0.05) is 40.1 Å². The van der Waals surface area contributed by atoms with Gasteiger partial charge in [0.05, 0.1) is 28.6 Å². The standard InChI is InChI=1S/C35H34ClN7O4S/c1-35(2,3)30-19-32(43(41-30)23-12-14-26(36)27(45)18-23)38-34(46)37-20-22-8-4-7-11-29(22)48-24-13-15-31-39-40-33(42(31)21-24)25-9-5-6-10-28(25)47-17-16-44/h4-15,18-19,21,44-45H,16-17,20H2,1-3H3,(H2,37,38,46). The number of ether oxygens (including phenoxy) is 1. The molecule has 0 spiro atoms. The second kappa shape index (κ2) is 14.0. The molecular weight excluding hydrogens is 650 g/mol. The maximum absolute atomic E-state index is 13.2. The van der Waals surface area contributed by atoms with Crippen molar-refractivity contribution in [2.24, 2.45) is 0 Å². The monoisotopic (exact) mass is 683 g/mol. The number of aliphatic hydroxyl groups excluding tert-OH is 1. The summed E-state index contributed by atoms with van der Waals surface area (Å²) in [7, 11) is 0. The summed E-state index contributed by atoms with van der Waals surface area (Å²) in [6.45, 7) is 6.45. The van der Waals surface area contributed by atoms with Crippen LogP contribution in [0.25, 0.3) is 22.7 Å². The Bertz CT molecular complexity index is 2090. The van der Waals surface area contributed by atoms with Crippen molar-refractivity contribution in [1.29, 1.82) is 0 Å². The Hall–Kier alpha value is -5.04. The Kier molecular flexibility index (Phi) is 9.58. The summed E-state index contributed by atoms with van der Waals surface area (Å²) in [6, 6.07) is 25.5. The van der Waals surface area contributed by atoms with Gasteiger partial charge in [0.2, 0.25) is 0 Å². The fourth-order valence-corrected chi connectivity index (χ4v) is 6.01. The van der Waals surface area contributed by atoms with Gasteiger partial charge in [-0.3, -0.25) is 9.72 Å². The van der Waals surface area contributed by atoms with E-state index in [1.165, 1.54) is 6.07 Å². The topological polar surface area (TPSA) is 139 Å². The molecule has 6 aromatic rings. The van der Waals surface area contributed by atoms with Crippen LogP contribution in [0.3, 0.4) is 0 Å². The Morgan fingerprint density at radius 1 is 1.00 bits per heavy atom. The second-order valence-corrected chi connectivity index (χ2v) is 13.4. The first-order valence-electron chi connectivity index (χ1n) is 15.2. The lowest BCUT2D eigenvalue weighted by atomic mass is 9.92. The highest BCUT2D eigenvalue weighted by Crippen LogP contribution is 2.34. The number of aliphatic hydroxyl groups is 1. The average molecular weight is 684 g/mol. The number of anilines is 1. The fourth-order valence-electron chi connectivity index (χ4n) is 4.93. The highest BCUT2D eigenvalue weighted by molar-refractivity contribution is 7.99. The zero-order valence-electron chi connectivity index (χ0n) is 26.5. The number of hydrogen-bond acceptors (Lipinski definition) is 8. The van der Waals surface area contributed by atoms with E-state index in [0.29, 0.717) is 28.7 Å². The number of benzene rings is 3. The van der Waals surface area contributed by atoms with E-state index in [-0.39, 0.29) is 35.9 Å². The number of carbonyl (C=O) groups excluding carboxylic acids is 1. The van der Waals surface area contributed by atoms with Crippen molar-refractivity contribution in [3.63, 3.8) is 0 Å². The van der Waals surface area contributed by atoms with Gasteiger partial charge >= 0.3 is 6.03 Å². The van der Waals surface area contributed by atoms with Crippen LogP contribution in [0.5, 0.6) is 11.5 Å². The van der Waals surface area contributed by atoms with Crippen LogP contribution in [0, 0.1) is 0 Å². The average Bonchev–Trinajstić information content (AvgIpc) is 3.69. The molecule has 0 fully saturated rings. The molecule has 0 aliphatic rings. The van der Waals surface area contributed by atoms with Crippen LogP contribution in [-0.2, 0) is 12.0 Å². The molecule has 0 saturated carbocycles. The van der Waals surface area contributed by atoms with Crippen LogP contribution in [-0.4, -0.2) is 53.8 Å². The first-order valence-corrected chi connectivity index (χ1v) is 16.4.